The quantitative estimate of drug-likeness (QED) is 0.618. The molecule has 0 spiro atoms. The lowest BCUT2D eigenvalue weighted by molar-refractivity contribution is -0.605. The largest absolute Gasteiger partial charge is 0.619 e. The number of carbonyl (C=O) groups is 1. The fourth-order valence-corrected chi connectivity index (χ4v) is 2.86. The number of benzene rings is 1. The third-order valence-corrected chi connectivity index (χ3v) is 3.91. The molecule has 2 aromatic rings. The molecule has 0 saturated heterocycles. The van der Waals surface area contributed by atoms with Crippen molar-refractivity contribution in [2.24, 2.45) is 0 Å². The summed E-state index contributed by atoms with van der Waals surface area (Å²) in [5.74, 6) is -0.114. The lowest BCUT2D eigenvalue weighted by atomic mass is 10.1. The van der Waals surface area contributed by atoms with E-state index < -0.39 is 0 Å². The molecule has 0 saturated carbocycles. The van der Waals surface area contributed by atoms with Crippen LogP contribution in [0.3, 0.4) is 0 Å². The first kappa shape index (κ1) is 12.7. The fraction of sp³-hybridized carbons (Fsp3) is 0.250. The van der Waals surface area contributed by atoms with Crippen LogP contribution in [0.15, 0.2) is 48.8 Å². The van der Waals surface area contributed by atoms with Crippen LogP contribution in [-0.2, 0) is 6.42 Å². The molecule has 1 amide bonds. The second-order valence-corrected chi connectivity index (χ2v) is 5.12. The first-order chi connectivity index (χ1) is 9.66. The van der Waals surface area contributed by atoms with E-state index in [0.29, 0.717) is 10.3 Å². The Bertz CT molecular complexity index is 654. The van der Waals surface area contributed by atoms with Gasteiger partial charge in [0.2, 0.25) is 0 Å². The van der Waals surface area contributed by atoms with Crippen LogP contribution in [0.25, 0.3) is 0 Å². The highest BCUT2D eigenvalue weighted by atomic mass is 16.5. The summed E-state index contributed by atoms with van der Waals surface area (Å²) < 4.78 is 0.656. The molecule has 0 fully saturated rings. The van der Waals surface area contributed by atoms with Gasteiger partial charge < -0.3 is 10.1 Å². The molecular weight excluding hydrogens is 252 g/mol. The normalized spacial score (nSPS) is 16.8. The van der Waals surface area contributed by atoms with Crippen LogP contribution in [0.1, 0.15) is 33.9 Å². The number of amides is 1. The zero-order valence-corrected chi connectivity index (χ0v) is 11.3. The Kier molecular flexibility index (Phi) is 3.14. The summed E-state index contributed by atoms with van der Waals surface area (Å²) in [5, 5.41) is 11.3. The van der Waals surface area contributed by atoms with Crippen molar-refractivity contribution in [3.63, 3.8) is 0 Å². The summed E-state index contributed by atoms with van der Waals surface area (Å²) in [5.41, 5.74) is 2.95. The highest BCUT2D eigenvalue weighted by Crippen LogP contribution is 2.35. The Morgan fingerprint density at radius 2 is 2.10 bits per heavy atom. The number of carbonyl (C=O) groups excluding carboxylic acids is 1. The third-order valence-electron chi connectivity index (χ3n) is 3.91. The van der Waals surface area contributed by atoms with Gasteiger partial charge in [-0.1, -0.05) is 24.3 Å². The zero-order chi connectivity index (χ0) is 14.1. The monoisotopic (exact) mass is 268 g/mol. The Morgan fingerprint density at radius 3 is 2.90 bits per heavy atom. The molecule has 20 heavy (non-hydrogen) atoms. The molecule has 1 aliphatic rings. The summed E-state index contributed by atoms with van der Waals surface area (Å²) in [7, 11) is 1.80. The first-order valence-corrected chi connectivity index (χ1v) is 6.70. The maximum atomic E-state index is 12.5. The molecule has 102 valence electrons. The average Bonchev–Trinajstić information content (AvgIpc) is 2.89. The van der Waals surface area contributed by atoms with Crippen molar-refractivity contribution in [3.05, 3.63) is 70.7 Å². The molecule has 1 atom stereocenters. The van der Waals surface area contributed by atoms with E-state index in [2.05, 4.69) is 12.1 Å². The number of rotatable bonds is 2. The predicted octanol–water partition coefficient (Wildman–Crippen LogP) is 2.08. The molecule has 0 radical (unpaired) electrons. The molecule has 1 aliphatic carbocycles. The lowest BCUT2D eigenvalue weighted by Crippen LogP contribution is -2.33. The van der Waals surface area contributed by atoms with E-state index in [1.165, 1.54) is 23.5 Å². The SMILES string of the molecule is CN(C(=O)c1ccc[n+]([O-])c1)C1CCc2ccccc21. The minimum Gasteiger partial charge on any atom is -0.619 e. The zero-order valence-electron chi connectivity index (χ0n) is 11.3. The molecule has 4 nitrogen and oxygen atoms in total. The number of nitrogens with zero attached hydrogens (tertiary/aromatic N) is 2. The van der Waals surface area contributed by atoms with E-state index in [-0.39, 0.29) is 11.9 Å². The van der Waals surface area contributed by atoms with Gasteiger partial charge in [-0.2, -0.15) is 4.73 Å². The summed E-state index contributed by atoms with van der Waals surface area (Å²) in [6.45, 7) is 0. The van der Waals surface area contributed by atoms with Gasteiger partial charge in [0.25, 0.3) is 5.91 Å². The number of hydrogen-bond acceptors (Lipinski definition) is 2. The van der Waals surface area contributed by atoms with Crippen LogP contribution in [-0.4, -0.2) is 17.9 Å². The van der Waals surface area contributed by atoms with Crippen LogP contribution >= 0.6 is 0 Å². The molecule has 1 unspecified atom stereocenters. The molecule has 0 aliphatic heterocycles. The molecule has 0 bridgehead atoms. The Morgan fingerprint density at radius 1 is 1.30 bits per heavy atom. The predicted molar refractivity (Wildman–Crippen MR) is 75.0 cm³/mol. The highest BCUT2D eigenvalue weighted by molar-refractivity contribution is 5.93. The Balaban J connectivity index is 1.87. The molecule has 4 heteroatoms. The van der Waals surface area contributed by atoms with Gasteiger partial charge in [-0.15, -0.1) is 0 Å². The van der Waals surface area contributed by atoms with Crippen LogP contribution in [0, 0.1) is 5.21 Å². The molecule has 1 heterocycles. The smallest absolute Gasteiger partial charge is 0.260 e. The summed E-state index contributed by atoms with van der Waals surface area (Å²) in [6.07, 6.45) is 4.63. The second kappa shape index (κ2) is 4.96. The molecule has 0 N–H and O–H groups in total. The average molecular weight is 268 g/mol. The van der Waals surface area contributed by atoms with Crippen molar-refractivity contribution in [2.45, 2.75) is 18.9 Å². The minimum atomic E-state index is -0.114. The van der Waals surface area contributed by atoms with Gasteiger partial charge in [-0.05, 0) is 30.0 Å². The number of pyridine rings is 1. The minimum absolute atomic E-state index is 0.0963. The molecule has 1 aromatic heterocycles. The molecule has 3 rings (SSSR count). The van der Waals surface area contributed by atoms with Crippen LogP contribution < -0.4 is 4.73 Å². The summed E-state index contributed by atoms with van der Waals surface area (Å²) >= 11 is 0. The lowest BCUT2D eigenvalue weighted by Gasteiger charge is -2.25. The van der Waals surface area contributed by atoms with Crippen LogP contribution in [0.2, 0.25) is 0 Å². The van der Waals surface area contributed by atoms with E-state index in [9.17, 15) is 10.0 Å². The number of aryl methyl sites for hydroxylation is 1. The fourth-order valence-electron chi connectivity index (χ4n) is 2.86. The van der Waals surface area contributed by atoms with E-state index in [4.69, 9.17) is 0 Å². The van der Waals surface area contributed by atoms with Gasteiger partial charge in [0, 0.05) is 13.1 Å². The third kappa shape index (κ3) is 2.13. The Hall–Kier alpha value is -2.36. The van der Waals surface area contributed by atoms with Crippen molar-refractivity contribution in [1.29, 1.82) is 0 Å². The van der Waals surface area contributed by atoms with Crippen molar-refractivity contribution >= 4 is 5.91 Å². The van der Waals surface area contributed by atoms with Crippen molar-refractivity contribution in [2.75, 3.05) is 7.05 Å². The van der Waals surface area contributed by atoms with E-state index in [1.54, 1.807) is 24.1 Å². The maximum absolute atomic E-state index is 12.5. The van der Waals surface area contributed by atoms with Gasteiger partial charge >= 0.3 is 0 Å². The van der Waals surface area contributed by atoms with E-state index >= 15 is 0 Å². The number of aromatic nitrogens is 1. The Labute approximate surface area is 117 Å². The number of hydrogen-bond donors (Lipinski definition) is 0. The second-order valence-electron chi connectivity index (χ2n) is 5.12. The van der Waals surface area contributed by atoms with Crippen molar-refractivity contribution < 1.29 is 9.52 Å². The highest BCUT2D eigenvalue weighted by Gasteiger charge is 2.29. The van der Waals surface area contributed by atoms with Gasteiger partial charge in [-0.3, -0.25) is 4.79 Å². The van der Waals surface area contributed by atoms with Gasteiger partial charge in [-0.25, -0.2) is 0 Å². The van der Waals surface area contributed by atoms with Crippen LogP contribution in [0.4, 0.5) is 0 Å². The molecular formula is C16H16N2O2. The van der Waals surface area contributed by atoms with E-state index in [0.717, 1.165) is 12.8 Å². The number of fused-ring (bicyclic) bond motifs is 1. The van der Waals surface area contributed by atoms with Crippen LogP contribution in [0.5, 0.6) is 0 Å². The van der Waals surface area contributed by atoms with Crippen molar-refractivity contribution in [3.8, 4) is 0 Å². The van der Waals surface area contributed by atoms with Gasteiger partial charge in [0.15, 0.2) is 12.4 Å². The van der Waals surface area contributed by atoms with Crippen molar-refractivity contribution in [1.82, 2.24) is 4.90 Å². The van der Waals surface area contributed by atoms with E-state index in [1.807, 2.05) is 12.1 Å². The molecule has 1 aromatic carbocycles. The summed E-state index contributed by atoms with van der Waals surface area (Å²) in [4.78, 5) is 14.2. The van der Waals surface area contributed by atoms with Gasteiger partial charge in [0.05, 0.1) is 6.04 Å². The standard InChI is InChI=1S/C16H16N2O2/c1-17(16(19)13-6-4-10-18(20)11-13)15-9-8-12-5-2-3-7-14(12)15/h2-7,10-11,15H,8-9H2,1H3. The maximum Gasteiger partial charge on any atom is 0.260 e. The first-order valence-electron chi connectivity index (χ1n) is 6.70. The topological polar surface area (TPSA) is 47.2 Å². The van der Waals surface area contributed by atoms with Gasteiger partial charge in [0.1, 0.15) is 5.56 Å². The summed E-state index contributed by atoms with van der Waals surface area (Å²) in [6, 6.07) is 11.6.